The van der Waals surface area contributed by atoms with Crippen LogP contribution in [0.4, 0.5) is 10.5 Å². The van der Waals surface area contributed by atoms with Gasteiger partial charge >= 0.3 is 16.2 Å². The Balaban J connectivity index is 1.47. The van der Waals surface area contributed by atoms with Gasteiger partial charge in [0.1, 0.15) is 10.6 Å². The van der Waals surface area contributed by atoms with Gasteiger partial charge in [0.25, 0.3) is 0 Å². The fourth-order valence-electron chi connectivity index (χ4n) is 5.13. The lowest BCUT2D eigenvalue weighted by Crippen LogP contribution is -2.39. The Bertz CT molecular complexity index is 1470. The molecule has 3 aromatic carbocycles. The van der Waals surface area contributed by atoms with Crippen LogP contribution in [-0.4, -0.2) is 46.8 Å². The molecule has 9 nitrogen and oxygen atoms in total. The van der Waals surface area contributed by atoms with Gasteiger partial charge in [-0.2, -0.15) is 8.42 Å². The Labute approximate surface area is 222 Å². The number of carbonyl (C=O) groups is 1. The molecule has 0 saturated carbocycles. The van der Waals surface area contributed by atoms with Crippen LogP contribution in [0.2, 0.25) is 0 Å². The number of methoxy groups -OCH3 is 2. The van der Waals surface area contributed by atoms with Gasteiger partial charge in [-0.15, -0.1) is 0 Å². The number of rotatable bonds is 7. The summed E-state index contributed by atoms with van der Waals surface area (Å²) in [6.45, 7) is 3.24. The number of amides is 1. The molecule has 1 N–H and O–H groups in total. The number of ether oxygens (including phenoxy) is 3. The molecule has 1 amide bonds. The van der Waals surface area contributed by atoms with Crippen LogP contribution in [0.1, 0.15) is 35.2 Å². The number of hydrogen-bond acceptors (Lipinski definition) is 8. The maximum atomic E-state index is 13.4. The van der Waals surface area contributed by atoms with Crippen molar-refractivity contribution in [2.24, 2.45) is 0 Å². The maximum Gasteiger partial charge on any atom is 0.411 e. The van der Waals surface area contributed by atoms with Crippen LogP contribution in [0.3, 0.4) is 0 Å². The number of fused-ring (bicyclic) bond motifs is 4. The zero-order valence-electron chi connectivity index (χ0n) is 21.5. The second kappa shape index (κ2) is 10.5. The van der Waals surface area contributed by atoms with Crippen molar-refractivity contribution in [3.63, 3.8) is 0 Å². The molecule has 1 unspecified atom stereocenters. The van der Waals surface area contributed by atoms with E-state index in [9.17, 15) is 13.2 Å². The van der Waals surface area contributed by atoms with Crippen molar-refractivity contribution in [3.8, 4) is 17.2 Å². The highest BCUT2D eigenvalue weighted by Gasteiger charge is 2.35. The summed E-state index contributed by atoms with van der Waals surface area (Å²) < 4.78 is 48.4. The molecule has 2 heterocycles. The molecule has 2 aliphatic heterocycles. The predicted molar refractivity (Wildman–Crippen MR) is 141 cm³/mol. The molecular formula is C28H30N2O7S. The number of nitrogens with zero attached hydrogens (tertiary/aromatic N) is 1. The van der Waals surface area contributed by atoms with Crippen molar-refractivity contribution >= 4 is 21.9 Å². The Morgan fingerprint density at radius 2 is 1.87 bits per heavy atom. The number of nitrogens with one attached hydrogen (secondary N) is 1. The molecule has 0 bridgehead atoms. The van der Waals surface area contributed by atoms with Crippen molar-refractivity contribution in [2.45, 2.75) is 37.2 Å². The van der Waals surface area contributed by atoms with Gasteiger partial charge in [-0.1, -0.05) is 18.2 Å². The molecule has 200 valence electrons. The van der Waals surface area contributed by atoms with E-state index in [1.807, 2.05) is 12.1 Å². The molecule has 0 radical (unpaired) electrons. The molecule has 0 spiro atoms. The van der Waals surface area contributed by atoms with E-state index in [1.165, 1.54) is 36.4 Å². The molecule has 0 saturated heterocycles. The van der Waals surface area contributed by atoms with Crippen LogP contribution in [-0.2, 0) is 34.2 Å². The smallest absolute Gasteiger partial charge is 0.411 e. The molecule has 0 fully saturated rings. The van der Waals surface area contributed by atoms with Crippen molar-refractivity contribution in [3.05, 3.63) is 76.9 Å². The Kier molecular flexibility index (Phi) is 7.18. The summed E-state index contributed by atoms with van der Waals surface area (Å²) in [6, 6.07) is 15.9. The van der Waals surface area contributed by atoms with Gasteiger partial charge in [-0.05, 0) is 72.9 Å². The van der Waals surface area contributed by atoms with Crippen LogP contribution >= 0.6 is 0 Å². The van der Waals surface area contributed by atoms with Crippen molar-refractivity contribution in [1.29, 1.82) is 0 Å². The fraction of sp³-hybridized carbons (Fsp3) is 0.321. The highest BCUT2D eigenvalue weighted by molar-refractivity contribution is 7.87. The number of benzene rings is 3. The highest BCUT2D eigenvalue weighted by atomic mass is 32.2. The lowest BCUT2D eigenvalue weighted by Gasteiger charge is -2.42. The zero-order valence-corrected chi connectivity index (χ0v) is 22.3. The van der Waals surface area contributed by atoms with Gasteiger partial charge in [0.2, 0.25) is 0 Å². The fourth-order valence-corrected chi connectivity index (χ4v) is 6.15. The van der Waals surface area contributed by atoms with Crippen LogP contribution < -0.4 is 19.0 Å². The minimum atomic E-state index is -4.24. The van der Waals surface area contributed by atoms with E-state index in [0.717, 1.165) is 29.8 Å². The number of hydrogen-bond donors (Lipinski definition) is 1. The molecule has 5 rings (SSSR count). The Morgan fingerprint density at radius 1 is 1.05 bits per heavy atom. The highest BCUT2D eigenvalue weighted by Crippen LogP contribution is 2.45. The summed E-state index contributed by atoms with van der Waals surface area (Å²) in [5.41, 5.74) is 4.61. The zero-order chi connectivity index (χ0) is 26.9. The first kappa shape index (κ1) is 25.9. The van der Waals surface area contributed by atoms with Crippen molar-refractivity contribution in [1.82, 2.24) is 4.90 Å². The second-order valence-electron chi connectivity index (χ2n) is 9.15. The summed E-state index contributed by atoms with van der Waals surface area (Å²) in [7, 11) is -1.09. The van der Waals surface area contributed by atoms with E-state index in [-0.39, 0.29) is 29.0 Å². The van der Waals surface area contributed by atoms with Crippen LogP contribution in [0.25, 0.3) is 0 Å². The lowest BCUT2D eigenvalue weighted by molar-refractivity contribution is 0.159. The van der Waals surface area contributed by atoms with Gasteiger partial charge in [-0.3, -0.25) is 10.2 Å². The van der Waals surface area contributed by atoms with E-state index >= 15 is 0 Å². The van der Waals surface area contributed by atoms with Crippen molar-refractivity contribution in [2.75, 3.05) is 32.7 Å². The first-order valence-corrected chi connectivity index (χ1v) is 13.8. The quantitative estimate of drug-likeness (QED) is 0.432. The standard InChI is InChI=1S/C28H30N2O7S/c1-4-36-28(31)29-20-6-5-7-22(15-20)38(32,33)37-27-24-17-30-13-12-18-8-10-21(34-2)16-23(18)25(30)14-19(24)9-11-26(27)35-3/h5-11,15-16,25H,4,12-14,17H2,1-3H3,(H,29,31). The second-order valence-corrected chi connectivity index (χ2v) is 10.7. The number of anilines is 1. The summed E-state index contributed by atoms with van der Waals surface area (Å²) in [4.78, 5) is 14.0. The third kappa shape index (κ3) is 5.01. The molecule has 38 heavy (non-hydrogen) atoms. The van der Waals surface area contributed by atoms with Gasteiger partial charge in [0.05, 0.1) is 20.8 Å². The number of carbonyl (C=O) groups excluding carboxylic acids is 1. The van der Waals surface area contributed by atoms with Crippen LogP contribution in [0, 0.1) is 0 Å². The third-order valence-corrected chi connectivity index (χ3v) is 8.19. The largest absolute Gasteiger partial charge is 0.497 e. The van der Waals surface area contributed by atoms with E-state index in [0.29, 0.717) is 18.7 Å². The normalized spacial score (nSPS) is 16.4. The molecular weight excluding hydrogens is 508 g/mol. The van der Waals surface area contributed by atoms with Gasteiger partial charge in [-0.25, -0.2) is 4.79 Å². The third-order valence-electron chi connectivity index (χ3n) is 6.97. The Morgan fingerprint density at radius 3 is 2.63 bits per heavy atom. The minimum absolute atomic E-state index is 0.0980. The predicted octanol–water partition coefficient (Wildman–Crippen LogP) is 4.70. The van der Waals surface area contributed by atoms with E-state index in [4.69, 9.17) is 18.4 Å². The molecule has 0 aliphatic carbocycles. The average Bonchev–Trinajstić information content (AvgIpc) is 2.92. The molecule has 3 aromatic rings. The summed E-state index contributed by atoms with van der Waals surface area (Å²) in [5.74, 6) is 1.34. The summed E-state index contributed by atoms with van der Waals surface area (Å²) in [5, 5.41) is 2.52. The van der Waals surface area contributed by atoms with Crippen LogP contribution in [0.15, 0.2) is 59.5 Å². The first-order valence-electron chi connectivity index (χ1n) is 12.4. The van der Waals surface area contributed by atoms with Gasteiger partial charge in [0, 0.05) is 30.4 Å². The molecule has 0 aromatic heterocycles. The monoisotopic (exact) mass is 538 g/mol. The molecule has 1 atom stereocenters. The van der Waals surface area contributed by atoms with E-state index in [1.54, 1.807) is 26.2 Å². The lowest BCUT2D eigenvalue weighted by atomic mass is 9.83. The Hall–Kier alpha value is -3.76. The maximum absolute atomic E-state index is 13.4. The summed E-state index contributed by atoms with van der Waals surface area (Å²) in [6.07, 6.45) is 0.927. The van der Waals surface area contributed by atoms with E-state index in [2.05, 4.69) is 22.3 Å². The molecule has 10 heteroatoms. The topological polar surface area (TPSA) is 103 Å². The van der Waals surface area contributed by atoms with E-state index < -0.39 is 16.2 Å². The van der Waals surface area contributed by atoms with Gasteiger partial charge in [0.15, 0.2) is 11.5 Å². The SMILES string of the molecule is CCOC(=O)Nc1cccc(S(=O)(=O)Oc2c(OC)ccc3c2CN2CCc4ccc(OC)cc4C2C3)c1. The summed E-state index contributed by atoms with van der Waals surface area (Å²) >= 11 is 0. The minimum Gasteiger partial charge on any atom is -0.497 e. The molecule has 2 aliphatic rings. The van der Waals surface area contributed by atoms with Gasteiger partial charge < -0.3 is 18.4 Å². The van der Waals surface area contributed by atoms with Crippen molar-refractivity contribution < 1.29 is 31.6 Å². The van der Waals surface area contributed by atoms with Crippen LogP contribution in [0.5, 0.6) is 17.2 Å². The average molecular weight is 539 g/mol. The first-order chi connectivity index (χ1) is 18.3.